The smallest absolute Gasteiger partial charge is 0.422 e. The Kier molecular flexibility index (Phi) is 8.18. The molecule has 1 aromatic carbocycles. The summed E-state index contributed by atoms with van der Waals surface area (Å²) < 4.78 is 15.4. The van der Waals surface area contributed by atoms with E-state index < -0.39 is 40.0 Å². The lowest BCUT2D eigenvalue weighted by Crippen LogP contribution is -2.36. The Morgan fingerprint density at radius 1 is 0.972 bits per heavy atom. The van der Waals surface area contributed by atoms with Crippen molar-refractivity contribution in [2.75, 3.05) is 24.0 Å². The van der Waals surface area contributed by atoms with Crippen molar-refractivity contribution in [2.24, 2.45) is 0 Å². The lowest BCUT2D eigenvalue weighted by Gasteiger charge is -2.27. The number of hydrogen-bond donors (Lipinski definition) is 0. The zero-order chi connectivity index (χ0) is 27.4. The first-order valence-electron chi connectivity index (χ1n) is 10.7. The maximum Gasteiger partial charge on any atom is 0.422 e. The molecule has 0 spiro atoms. The number of nitro groups is 1. The van der Waals surface area contributed by atoms with Crippen molar-refractivity contribution in [1.29, 1.82) is 0 Å². The fourth-order valence-electron chi connectivity index (χ4n) is 2.76. The van der Waals surface area contributed by atoms with E-state index in [0.29, 0.717) is 0 Å². The number of methoxy groups -OCH3 is 1. The van der Waals surface area contributed by atoms with Gasteiger partial charge in [-0.2, -0.15) is 4.98 Å². The second-order valence-corrected chi connectivity index (χ2v) is 9.52. The summed E-state index contributed by atoms with van der Waals surface area (Å²) in [6.07, 6.45) is -0.470. The number of carbonyl (C=O) groups excluding carboxylic acids is 3. The summed E-state index contributed by atoms with van der Waals surface area (Å²) in [6, 6.07) is 4.80. The van der Waals surface area contributed by atoms with E-state index in [1.807, 2.05) is 0 Å². The number of anilines is 3. The second-order valence-electron chi connectivity index (χ2n) is 9.52. The molecule has 1 heterocycles. The average molecular weight is 504 g/mol. The van der Waals surface area contributed by atoms with Crippen LogP contribution in [0, 0.1) is 10.1 Å². The first-order valence-corrected chi connectivity index (χ1v) is 10.7. The molecule has 13 nitrogen and oxygen atoms in total. The maximum absolute atomic E-state index is 13.2. The standard InChI is InChI=1S/C23H29N5O8/c1-22(2,3)35-20(30)26(7)17-11-12-24-19(25-17)27(21(31)36-23(4,5)6)15-10-9-14(18(29)34-8)13-16(15)28(32)33/h9-13H,1-8H3. The lowest BCUT2D eigenvalue weighted by molar-refractivity contribution is -0.384. The summed E-state index contributed by atoms with van der Waals surface area (Å²) in [5, 5.41) is 11.9. The minimum Gasteiger partial charge on any atom is -0.465 e. The quantitative estimate of drug-likeness (QED) is 0.244. The third-order valence-corrected chi connectivity index (χ3v) is 4.25. The van der Waals surface area contributed by atoms with Crippen molar-refractivity contribution >= 4 is 41.3 Å². The summed E-state index contributed by atoms with van der Waals surface area (Å²) in [4.78, 5) is 59.0. The van der Waals surface area contributed by atoms with Crippen LogP contribution in [-0.4, -0.2) is 58.4 Å². The van der Waals surface area contributed by atoms with Crippen molar-refractivity contribution in [3.63, 3.8) is 0 Å². The van der Waals surface area contributed by atoms with E-state index in [9.17, 15) is 24.5 Å². The van der Waals surface area contributed by atoms with Gasteiger partial charge in [-0.25, -0.2) is 24.3 Å². The summed E-state index contributed by atoms with van der Waals surface area (Å²) >= 11 is 0. The number of nitrogens with zero attached hydrogens (tertiary/aromatic N) is 5. The zero-order valence-electron chi connectivity index (χ0n) is 21.4. The van der Waals surface area contributed by atoms with E-state index in [1.54, 1.807) is 41.5 Å². The van der Waals surface area contributed by atoms with E-state index in [1.165, 1.54) is 31.4 Å². The largest absolute Gasteiger partial charge is 0.465 e. The minimum atomic E-state index is -1.02. The number of amides is 2. The van der Waals surface area contributed by atoms with Gasteiger partial charge in [0.2, 0.25) is 5.95 Å². The molecule has 0 fully saturated rings. The van der Waals surface area contributed by atoms with Crippen LogP contribution in [0.3, 0.4) is 0 Å². The highest BCUT2D eigenvalue weighted by Crippen LogP contribution is 2.35. The van der Waals surface area contributed by atoms with E-state index >= 15 is 0 Å². The summed E-state index contributed by atoms with van der Waals surface area (Å²) in [5.41, 5.74) is -2.71. The number of benzene rings is 1. The Labute approximate surface area is 208 Å². The van der Waals surface area contributed by atoms with Crippen molar-refractivity contribution < 1.29 is 33.5 Å². The van der Waals surface area contributed by atoms with Gasteiger partial charge in [0.05, 0.1) is 17.6 Å². The highest BCUT2D eigenvalue weighted by Gasteiger charge is 2.33. The molecule has 13 heteroatoms. The molecule has 0 bridgehead atoms. The van der Waals surface area contributed by atoms with Gasteiger partial charge >= 0.3 is 18.2 Å². The van der Waals surface area contributed by atoms with Crippen LogP contribution in [0.5, 0.6) is 0 Å². The molecule has 36 heavy (non-hydrogen) atoms. The fourth-order valence-corrected chi connectivity index (χ4v) is 2.76. The monoisotopic (exact) mass is 503 g/mol. The van der Waals surface area contributed by atoms with Crippen LogP contribution in [0.2, 0.25) is 0 Å². The van der Waals surface area contributed by atoms with Crippen molar-refractivity contribution in [3.8, 4) is 0 Å². The van der Waals surface area contributed by atoms with E-state index in [0.717, 1.165) is 23.0 Å². The Balaban J connectivity index is 2.67. The van der Waals surface area contributed by atoms with E-state index in [4.69, 9.17) is 9.47 Å². The minimum absolute atomic E-state index is 0.0524. The topological polar surface area (TPSA) is 154 Å². The second kappa shape index (κ2) is 10.5. The number of rotatable bonds is 5. The predicted octanol–water partition coefficient (Wildman–Crippen LogP) is 4.62. The first kappa shape index (κ1) is 28.0. The van der Waals surface area contributed by atoms with Gasteiger partial charge in [0, 0.05) is 19.3 Å². The molecule has 194 valence electrons. The van der Waals surface area contributed by atoms with Gasteiger partial charge in [0.25, 0.3) is 5.69 Å². The Morgan fingerprint density at radius 2 is 1.56 bits per heavy atom. The van der Waals surface area contributed by atoms with Gasteiger partial charge in [0.1, 0.15) is 22.7 Å². The van der Waals surface area contributed by atoms with Crippen LogP contribution in [0.1, 0.15) is 51.9 Å². The normalized spacial score (nSPS) is 11.3. The van der Waals surface area contributed by atoms with Gasteiger partial charge < -0.3 is 14.2 Å². The molecule has 2 rings (SSSR count). The number of esters is 1. The highest BCUT2D eigenvalue weighted by molar-refractivity contribution is 5.99. The first-order chi connectivity index (χ1) is 16.5. The van der Waals surface area contributed by atoms with Crippen molar-refractivity contribution in [2.45, 2.75) is 52.7 Å². The van der Waals surface area contributed by atoms with Crippen LogP contribution in [0.15, 0.2) is 30.5 Å². The predicted molar refractivity (Wildman–Crippen MR) is 129 cm³/mol. The Morgan fingerprint density at radius 3 is 2.08 bits per heavy atom. The Hall–Kier alpha value is -4.29. The van der Waals surface area contributed by atoms with Gasteiger partial charge in [-0.05, 0) is 59.7 Å². The number of nitro benzene ring substituents is 1. The zero-order valence-corrected chi connectivity index (χ0v) is 21.4. The Bertz CT molecular complexity index is 1170. The van der Waals surface area contributed by atoms with Crippen molar-refractivity contribution in [1.82, 2.24) is 9.97 Å². The van der Waals surface area contributed by atoms with Crippen LogP contribution < -0.4 is 9.80 Å². The third-order valence-electron chi connectivity index (χ3n) is 4.25. The summed E-state index contributed by atoms with van der Waals surface area (Å²) in [6.45, 7) is 9.95. The molecule has 2 aromatic rings. The van der Waals surface area contributed by atoms with Crippen LogP contribution in [0.4, 0.5) is 32.7 Å². The molecule has 2 amide bonds. The summed E-state index contributed by atoms with van der Waals surface area (Å²) in [7, 11) is 2.54. The molecular weight excluding hydrogens is 474 g/mol. The molecule has 0 radical (unpaired) electrons. The summed E-state index contributed by atoms with van der Waals surface area (Å²) in [5.74, 6) is -1.06. The SMILES string of the molecule is COC(=O)c1ccc(N(C(=O)OC(C)(C)C)c2nccc(N(C)C(=O)OC(C)(C)C)n2)c([N+](=O)[O-])c1. The fraction of sp³-hybridized carbons (Fsp3) is 0.435. The molecule has 0 saturated heterocycles. The number of carbonyl (C=O) groups is 3. The van der Waals surface area contributed by atoms with Crippen molar-refractivity contribution in [3.05, 3.63) is 46.1 Å². The van der Waals surface area contributed by atoms with Gasteiger partial charge in [-0.3, -0.25) is 15.0 Å². The lowest BCUT2D eigenvalue weighted by atomic mass is 10.1. The average Bonchev–Trinajstić information content (AvgIpc) is 2.76. The molecule has 0 atom stereocenters. The van der Waals surface area contributed by atoms with Crippen LogP contribution in [-0.2, 0) is 14.2 Å². The maximum atomic E-state index is 13.2. The van der Waals surface area contributed by atoms with Gasteiger partial charge in [-0.15, -0.1) is 0 Å². The van der Waals surface area contributed by atoms with Gasteiger partial charge in [0.15, 0.2) is 0 Å². The molecule has 1 aromatic heterocycles. The third kappa shape index (κ3) is 7.10. The number of ether oxygens (including phenoxy) is 3. The molecule has 0 unspecified atom stereocenters. The molecular formula is C23H29N5O8. The molecule has 0 aliphatic rings. The highest BCUT2D eigenvalue weighted by atomic mass is 16.6. The van der Waals surface area contributed by atoms with E-state index in [-0.39, 0.29) is 23.0 Å². The van der Waals surface area contributed by atoms with E-state index in [2.05, 4.69) is 14.7 Å². The molecule has 0 aliphatic carbocycles. The molecule has 0 N–H and O–H groups in total. The van der Waals surface area contributed by atoms with Gasteiger partial charge in [-0.1, -0.05) is 0 Å². The van der Waals surface area contributed by atoms with Crippen LogP contribution >= 0.6 is 0 Å². The molecule has 0 aliphatic heterocycles. The number of hydrogen-bond acceptors (Lipinski definition) is 10. The molecule has 0 saturated carbocycles. The number of aromatic nitrogens is 2. The van der Waals surface area contributed by atoms with Crippen LogP contribution in [0.25, 0.3) is 0 Å².